The van der Waals surface area contributed by atoms with Gasteiger partial charge in [-0.25, -0.2) is 4.79 Å². The summed E-state index contributed by atoms with van der Waals surface area (Å²) in [5, 5.41) is 9.46. The number of rotatable bonds is 3. The molecule has 1 aliphatic heterocycles. The fourth-order valence-electron chi connectivity index (χ4n) is 1.25. The second-order valence-corrected chi connectivity index (χ2v) is 3.78. The van der Waals surface area contributed by atoms with Crippen molar-refractivity contribution in [2.24, 2.45) is 0 Å². The van der Waals surface area contributed by atoms with E-state index in [-0.39, 0.29) is 11.5 Å². The number of cyclic esters (lactones) is 1. The van der Waals surface area contributed by atoms with Crippen molar-refractivity contribution in [3.05, 3.63) is 11.5 Å². The molecule has 4 heteroatoms. The van der Waals surface area contributed by atoms with Crippen molar-refractivity contribution in [2.75, 3.05) is 0 Å². The molecule has 80 valence electrons. The maximum Gasteiger partial charge on any atom is 0.344 e. The number of unbranched alkanes of at least 4 members (excludes halogenated alkanes) is 1. The molecule has 0 fully saturated rings. The summed E-state index contributed by atoms with van der Waals surface area (Å²) in [4.78, 5) is 11.4. The Bertz CT molecular complexity index is 265. The first-order valence-corrected chi connectivity index (χ1v) is 4.80. The van der Waals surface area contributed by atoms with Crippen molar-refractivity contribution in [1.82, 2.24) is 0 Å². The van der Waals surface area contributed by atoms with Crippen LogP contribution in [0.2, 0.25) is 0 Å². The molecule has 1 N–H and O–H groups in total. The standard InChI is InChI=1S/C10H16O4/c1-4-5-6-7-8(11)13-10(2,3)14-9(7)12/h11H,4-6H2,1-3H3. The molecular formula is C10H16O4. The Hall–Kier alpha value is -1.19. The molecule has 0 aromatic rings. The molecule has 0 spiro atoms. The second-order valence-electron chi connectivity index (χ2n) is 3.78. The van der Waals surface area contributed by atoms with Gasteiger partial charge in [0.2, 0.25) is 0 Å². The van der Waals surface area contributed by atoms with Gasteiger partial charge in [0.25, 0.3) is 11.7 Å². The monoisotopic (exact) mass is 200 g/mol. The number of aliphatic hydroxyl groups is 1. The summed E-state index contributed by atoms with van der Waals surface area (Å²) in [5.74, 6) is -1.83. The van der Waals surface area contributed by atoms with Crippen LogP contribution in [0.25, 0.3) is 0 Å². The van der Waals surface area contributed by atoms with E-state index in [0.29, 0.717) is 6.42 Å². The Morgan fingerprint density at radius 1 is 1.36 bits per heavy atom. The Morgan fingerprint density at radius 3 is 2.50 bits per heavy atom. The van der Waals surface area contributed by atoms with Crippen LogP contribution in [0.3, 0.4) is 0 Å². The summed E-state index contributed by atoms with van der Waals surface area (Å²) in [5.41, 5.74) is 0.242. The second kappa shape index (κ2) is 3.90. The maximum atomic E-state index is 11.4. The van der Waals surface area contributed by atoms with Crippen molar-refractivity contribution < 1.29 is 19.4 Å². The molecule has 0 aromatic heterocycles. The van der Waals surface area contributed by atoms with Gasteiger partial charge < -0.3 is 14.6 Å². The minimum absolute atomic E-state index is 0.242. The van der Waals surface area contributed by atoms with Crippen LogP contribution in [0, 0.1) is 0 Å². The lowest BCUT2D eigenvalue weighted by atomic mass is 10.1. The molecule has 0 unspecified atom stereocenters. The van der Waals surface area contributed by atoms with Crippen LogP contribution in [0.4, 0.5) is 0 Å². The highest BCUT2D eigenvalue weighted by molar-refractivity contribution is 5.89. The topological polar surface area (TPSA) is 55.8 Å². The van der Waals surface area contributed by atoms with Gasteiger partial charge >= 0.3 is 5.97 Å². The maximum absolute atomic E-state index is 11.4. The zero-order valence-electron chi connectivity index (χ0n) is 8.79. The first kappa shape index (κ1) is 10.9. The van der Waals surface area contributed by atoms with Gasteiger partial charge in [0, 0.05) is 13.8 Å². The molecule has 1 aliphatic rings. The van der Waals surface area contributed by atoms with E-state index in [9.17, 15) is 9.90 Å². The smallest absolute Gasteiger partial charge is 0.344 e. The predicted octanol–water partition coefficient (Wildman–Crippen LogP) is 2.26. The van der Waals surface area contributed by atoms with Crippen LogP contribution in [-0.2, 0) is 14.3 Å². The Labute approximate surface area is 83.5 Å². The SMILES string of the molecule is CCCCC1=C(O)OC(C)(C)OC1=O. The fraction of sp³-hybridized carbons (Fsp3) is 0.700. The predicted molar refractivity (Wildman–Crippen MR) is 50.4 cm³/mol. The zero-order chi connectivity index (χ0) is 10.8. The van der Waals surface area contributed by atoms with Gasteiger partial charge in [0.05, 0.1) is 0 Å². The fourth-order valence-corrected chi connectivity index (χ4v) is 1.25. The Balaban J connectivity index is 2.77. The average Bonchev–Trinajstić information content (AvgIpc) is 2.00. The lowest BCUT2D eigenvalue weighted by molar-refractivity contribution is -0.222. The van der Waals surface area contributed by atoms with Crippen molar-refractivity contribution in [2.45, 2.75) is 45.8 Å². The summed E-state index contributed by atoms with van der Waals surface area (Å²) in [6.45, 7) is 5.17. The first-order valence-electron chi connectivity index (χ1n) is 4.80. The van der Waals surface area contributed by atoms with Gasteiger partial charge in [0.15, 0.2) is 0 Å². The highest BCUT2D eigenvalue weighted by atomic mass is 16.8. The Morgan fingerprint density at radius 2 is 2.00 bits per heavy atom. The molecule has 0 atom stereocenters. The van der Waals surface area contributed by atoms with Crippen LogP contribution in [-0.4, -0.2) is 16.9 Å². The first-order chi connectivity index (χ1) is 6.46. The minimum Gasteiger partial charge on any atom is -0.481 e. The molecule has 1 heterocycles. The van der Waals surface area contributed by atoms with Crippen LogP contribution in [0.15, 0.2) is 11.5 Å². The molecule has 0 bridgehead atoms. The van der Waals surface area contributed by atoms with Gasteiger partial charge in [-0.3, -0.25) is 0 Å². The van der Waals surface area contributed by atoms with Gasteiger partial charge in [0.1, 0.15) is 5.57 Å². The van der Waals surface area contributed by atoms with E-state index in [4.69, 9.17) is 9.47 Å². The third-order valence-corrected chi connectivity index (χ3v) is 1.97. The molecular weight excluding hydrogens is 184 g/mol. The number of hydrogen-bond donors (Lipinski definition) is 1. The van der Waals surface area contributed by atoms with Crippen molar-refractivity contribution in [1.29, 1.82) is 0 Å². The minimum atomic E-state index is -1.06. The summed E-state index contributed by atoms with van der Waals surface area (Å²) < 4.78 is 10.0. The van der Waals surface area contributed by atoms with Gasteiger partial charge in [-0.2, -0.15) is 0 Å². The highest BCUT2D eigenvalue weighted by Gasteiger charge is 2.35. The van der Waals surface area contributed by atoms with Crippen molar-refractivity contribution in [3.63, 3.8) is 0 Å². The summed E-state index contributed by atoms with van der Waals surface area (Å²) in [7, 11) is 0. The molecule has 0 saturated heterocycles. The molecule has 0 aliphatic carbocycles. The van der Waals surface area contributed by atoms with Crippen molar-refractivity contribution >= 4 is 5.97 Å². The summed E-state index contributed by atoms with van der Waals surface area (Å²) >= 11 is 0. The van der Waals surface area contributed by atoms with E-state index < -0.39 is 11.8 Å². The number of aliphatic hydroxyl groups excluding tert-OH is 1. The highest BCUT2D eigenvalue weighted by Crippen LogP contribution is 2.27. The van der Waals surface area contributed by atoms with E-state index in [1.165, 1.54) is 0 Å². The summed E-state index contributed by atoms with van der Waals surface area (Å²) in [6.07, 6.45) is 2.28. The van der Waals surface area contributed by atoms with Crippen LogP contribution < -0.4 is 0 Å². The zero-order valence-corrected chi connectivity index (χ0v) is 8.79. The van der Waals surface area contributed by atoms with E-state index >= 15 is 0 Å². The van der Waals surface area contributed by atoms with E-state index in [0.717, 1.165) is 12.8 Å². The number of esters is 1. The van der Waals surface area contributed by atoms with Crippen LogP contribution in [0.1, 0.15) is 40.0 Å². The van der Waals surface area contributed by atoms with E-state index in [2.05, 4.69) is 0 Å². The number of carbonyl (C=O) groups excluding carboxylic acids is 1. The van der Waals surface area contributed by atoms with Crippen LogP contribution in [0.5, 0.6) is 0 Å². The third-order valence-electron chi connectivity index (χ3n) is 1.97. The molecule has 0 amide bonds. The molecule has 0 saturated carbocycles. The molecule has 14 heavy (non-hydrogen) atoms. The van der Waals surface area contributed by atoms with E-state index in [1.807, 2.05) is 6.92 Å². The Kier molecular flexibility index (Phi) is 3.03. The quantitative estimate of drug-likeness (QED) is 0.710. The molecule has 4 nitrogen and oxygen atoms in total. The lowest BCUT2D eigenvalue weighted by Gasteiger charge is -2.30. The largest absolute Gasteiger partial charge is 0.481 e. The number of carbonyl (C=O) groups is 1. The van der Waals surface area contributed by atoms with E-state index in [1.54, 1.807) is 13.8 Å². The number of ether oxygens (including phenoxy) is 2. The van der Waals surface area contributed by atoms with Crippen LogP contribution >= 0.6 is 0 Å². The number of hydrogen-bond acceptors (Lipinski definition) is 4. The normalized spacial score (nSPS) is 20.4. The third kappa shape index (κ3) is 2.40. The van der Waals surface area contributed by atoms with Gasteiger partial charge in [-0.1, -0.05) is 13.3 Å². The average molecular weight is 200 g/mol. The molecule has 0 radical (unpaired) electrons. The summed E-state index contributed by atoms with van der Waals surface area (Å²) in [6, 6.07) is 0. The van der Waals surface area contributed by atoms with Crippen molar-refractivity contribution in [3.8, 4) is 0 Å². The molecule has 0 aromatic carbocycles. The molecule has 1 rings (SSSR count). The lowest BCUT2D eigenvalue weighted by Crippen LogP contribution is -2.36. The van der Waals surface area contributed by atoms with Gasteiger partial charge in [-0.15, -0.1) is 0 Å². The van der Waals surface area contributed by atoms with Gasteiger partial charge in [-0.05, 0) is 12.8 Å².